The Bertz CT molecular complexity index is 1850. The second kappa shape index (κ2) is 16.8. The minimum absolute atomic E-state index is 0.0554. The highest BCUT2D eigenvalue weighted by Gasteiger charge is 2.30. The quantitative estimate of drug-likeness (QED) is 0.168. The second-order valence-electron chi connectivity index (χ2n) is 14.5. The highest BCUT2D eigenvalue weighted by atomic mass is 16.6. The van der Waals surface area contributed by atoms with Crippen LogP contribution >= 0.6 is 0 Å². The Morgan fingerprint density at radius 1 is 0.925 bits per heavy atom. The fourth-order valence-corrected chi connectivity index (χ4v) is 6.58. The van der Waals surface area contributed by atoms with Crippen molar-refractivity contribution in [2.45, 2.75) is 64.5 Å². The predicted octanol–water partition coefficient (Wildman–Crippen LogP) is 4.89. The van der Waals surface area contributed by atoms with Crippen molar-refractivity contribution in [1.29, 1.82) is 0 Å². The molecular weight excluding hydrogens is 676 g/mol. The monoisotopic (exact) mass is 722 g/mol. The standard InChI is InChI=1S/C39H46N8O6/c1-39(2,3)53-38(51)40-23-26-6-10-30(11-7-26)36(49)42-33(37(50)41-31-16-12-29(13-17-31)35-43-45-46-44-35)22-25-4-8-27(9-5-25)28-14-18-32(19-15-28)47-20-21-52-24-34(47)48/h4-5,8-9,12-19,26,30,33H,6-7,10-11,20-24H2,1-3H3,(H,40,51)(H,41,50)(H,42,49)(H,43,44,45,46). The molecule has 0 bridgehead atoms. The van der Waals surface area contributed by atoms with Gasteiger partial charge < -0.3 is 30.3 Å². The number of tetrazole rings is 1. The first-order chi connectivity index (χ1) is 25.5. The minimum Gasteiger partial charge on any atom is -0.444 e. The van der Waals surface area contributed by atoms with Gasteiger partial charge in [0.2, 0.25) is 17.6 Å². The number of hydrogen-bond donors (Lipinski definition) is 4. The number of hydrogen-bond acceptors (Lipinski definition) is 9. The van der Waals surface area contributed by atoms with Crippen LogP contribution in [0.1, 0.15) is 52.0 Å². The van der Waals surface area contributed by atoms with Crippen LogP contribution in [0, 0.1) is 11.8 Å². The molecule has 4 N–H and O–H groups in total. The maximum atomic E-state index is 13.8. The molecule has 14 nitrogen and oxygen atoms in total. The van der Waals surface area contributed by atoms with Gasteiger partial charge >= 0.3 is 6.09 Å². The normalized spacial score (nSPS) is 18.2. The van der Waals surface area contributed by atoms with E-state index in [0.717, 1.165) is 40.8 Å². The summed E-state index contributed by atoms with van der Waals surface area (Å²) in [6.45, 7) is 7.10. The molecule has 53 heavy (non-hydrogen) atoms. The SMILES string of the molecule is CC(C)(C)OC(=O)NCC1CCC(C(=O)NC(Cc2ccc(-c3ccc(N4CCOCC4=O)cc3)cc2)C(=O)Nc2ccc(-c3nn[nH]n3)cc2)CC1. The number of ether oxygens (including phenoxy) is 2. The Morgan fingerprint density at radius 3 is 2.21 bits per heavy atom. The first-order valence-electron chi connectivity index (χ1n) is 18.0. The van der Waals surface area contributed by atoms with Crippen molar-refractivity contribution in [3.63, 3.8) is 0 Å². The maximum Gasteiger partial charge on any atom is 0.407 e. The Morgan fingerprint density at radius 2 is 1.58 bits per heavy atom. The van der Waals surface area contributed by atoms with Gasteiger partial charge in [-0.05, 0) is 111 Å². The van der Waals surface area contributed by atoms with E-state index < -0.39 is 17.7 Å². The van der Waals surface area contributed by atoms with Gasteiger partial charge in [0.05, 0.1) is 6.61 Å². The van der Waals surface area contributed by atoms with E-state index >= 15 is 0 Å². The van der Waals surface area contributed by atoms with Crippen molar-refractivity contribution in [2.24, 2.45) is 11.8 Å². The van der Waals surface area contributed by atoms with Gasteiger partial charge in [-0.15, -0.1) is 10.2 Å². The number of nitrogens with one attached hydrogen (secondary N) is 4. The third kappa shape index (κ3) is 10.3. The summed E-state index contributed by atoms with van der Waals surface area (Å²) in [5.74, 6) is -0.104. The molecule has 14 heteroatoms. The van der Waals surface area contributed by atoms with Crippen molar-refractivity contribution < 1.29 is 28.7 Å². The van der Waals surface area contributed by atoms with E-state index in [9.17, 15) is 19.2 Å². The van der Waals surface area contributed by atoms with Crippen LogP contribution in [0.5, 0.6) is 0 Å². The summed E-state index contributed by atoms with van der Waals surface area (Å²) in [4.78, 5) is 53.5. The summed E-state index contributed by atoms with van der Waals surface area (Å²) in [5.41, 5.74) is 4.43. The van der Waals surface area contributed by atoms with Crippen molar-refractivity contribution in [1.82, 2.24) is 31.3 Å². The molecule has 2 aliphatic rings. The van der Waals surface area contributed by atoms with Gasteiger partial charge in [-0.2, -0.15) is 5.21 Å². The molecular formula is C39H46N8O6. The lowest BCUT2D eigenvalue weighted by molar-refractivity contribution is -0.130. The van der Waals surface area contributed by atoms with E-state index in [1.807, 2.05) is 69.3 Å². The summed E-state index contributed by atoms with van der Waals surface area (Å²) in [5, 5.41) is 22.9. The zero-order valence-electron chi connectivity index (χ0n) is 30.3. The number of nitrogens with zero attached hydrogens (tertiary/aromatic N) is 4. The molecule has 1 saturated carbocycles. The van der Waals surface area contributed by atoms with Crippen LogP contribution in [0.25, 0.3) is 22.5 Å². The Kier molecular flexibility index (Phi) is 11.8. The molecule has 3 aromatic carbocycles. The molecule has 1 aliphatic heterocycles. The summed E-state index contributed by atoms with van der Waals surface area (Å²) < 4.78 is 10.6. The van der Waals surface area contributed by atoms with Gasteiger partial charge in [-0.3, -0.25) is 14.4 Å². The number of H-pyrrole nitrogens is 1. The number of rotatable bonds is 11. The largest absolute Gasteiger partial charge is 0.444 e. The van der Waals surface area contributed by atoms with Crippen LogP contribution in [-0.4, -0.2) is 82.4 Å². The number of carbonyl (C=O) groups is 4. The van der Waals surface area contributed by atoms with Gasteiger partial charge in [-0.25, -0.2) is 4.79 Å². The van der Waals surface area contributed by atoms with E-state index in [2.05, 4.69) is 36.6 Å². The summed E-state index contributed by atoms with van der Waals surface area (Å²) in [7, 11) is 0. The van der Waals surface area contributed by atoms with Gasteiger partial charge in [0.1, 0.15) is 18.2 Å². The van der Waals surface area contributed by atoms with Crippen LogP contribution in [0.3, 0.4) is 0 Å². The molecule has 1 atom stereocenters. The van der Waals surface area contributed by atoms with Crippen LogP contribution in [0.15, 0.2) is 72.8 Å². The summed E-state index contributed by atoms with van der Waals surface area (Å²) in [6.07, 6.45) is 2.72. The third-order valence-electron chi connectivity index (χ3n) is 9.43. The number of morpholine rings is 1. The number of carbonyl (C=O) groups excluding carboxylic acids is 4. The number of alkyl carbamates (subject to hydrolysis) is 1. The van der Waals surface area contributed by atoms with E-state index in [4.69, 9.17) is 9.47 Å². The van der Waals surface area contributed by atoms with Gasteiger partial charge in [0.15, 0.2) is 0 Å². The van der Waals surface area contributed by atoms with Crippen LogP contribution in [0.4, 0.5) is 16.2 Å². The first kappa shape index (κ1) is 37.1. The van der Waals surface area contributed by atoms with Crippen LogP contribution in [0.2, 0.25) is 0 Å². The molecule has 1 unspecified atom stereocenters. The average molecular weight is 723 g/mol. The molecule has 0 spiro atoms. The predicted molar refractivity (Wildman–Crippen MR) is 199 cm³/mol. The van der Waals surface area contributed by atoms with E-state index in [1.165, 1.54) is 0 Å². The van der Waals surface area contributed by atoms with Crippen LogP contribution < -0.4 is 20.9 Å². The van der Waals surface area contributed by atoms with Gasteiger partial charge in [-0.1, -0.05) is 36.4 Å². The number of aromatic amines is 1. The van der Waals surface area contributed by atoms with Crippen molar-refractivity contribution in [2.75, 3.05) is 36.5 Å². The lowest BCUT2D eigenvalue weighted by Gasteiger charge is -2.29. The molecule has 4 aromatic rings. The highest BCUT2D eigenvalue weighted by molar-refractivity contribution is 5.98. The number of benzene rings is 3. The molecule has 2 fully saturated rings. The minimum atomic E-state index is -0.831. The Labute approximate surface area is 308 Å². The average Bonchev–Trinajstić information content (AvgIpc) is 3.70. The Balaban J connectivity index is 1.10. The number of aromatic nitrogens is 4. The van der Waals surface area contributed by atoms with Crippen LogP contribution in [-0.2, 0) is 30.3 Å². The smallest absolute Gasteiger partial charge is 0.407 e. The van der Waals surface area contributed by atoms with Crippen molar-refractivity contribution in [3.05, 3.63) is 78.4 Å². The molecule has 2 heterocycles. The molecule has 1 saturated heterocycles. The molecule has 6 rings (SSSR count). The lowest BCUT2D eigenvalue weighted by Crippen LogP contribution is -2.48. The fraction of sp³-hybridized carbons (Fsp3) is 0.410. The van der Waals surface area contributed by atoms with E-state index in [1.54, 1.807) is 29.2 Å². The van der Waals surface area contributed by atoms with E-state index in [-0.39, 0.29) is 42.6 Å². The second-order valence-corrected chi connectivity index (χ2v) is 14.5. The lowest BCUT2D eigenvalue weighted by atomic mass is 9.81. The fourth-order valence-electron chi connectivity index (χ4n) is 6.58. The zero-order valence-corrected chi connectivity index (χ0v) is 30.3. The topological polar surface area (TPSA) is 181 Å². The Hall–Kier alpha value is -5.63. The molecule has 1 aromatic heterocycles. The zero-order chi connectivity index (χ0) is 37.4. The first-order valence-corrected chi connectivity index (χ1v) is 18.0. The van der Waals surface area contributed by atoms with E-state index in [0.29, 0.717) is 44.0 Å². The van der Waals surface area contributed by atoms with Gasteiger partial charge in [0, 0.05) is 42.4 Å². The summed E-state index contributed by atoms with van der Waals surface area (Å²) in [6, 6.07) is 22.0. The summed E-state index contributed by atoms with van der Waals surface area (Å²) >= 11 is 0. The molecule has 1 aliphatic carbocycles. The van der Waals surface area contributed by atoms with Crippen molar-refractivity contribution >= 4 is 35.2 Å². The molecule has 278 valence electrons. The number of anilines is 2. The number of amides is 4. The molecule has 0 radical (unpaired) electrons. The third-order valence-corrected chi connectivity index (χ3v) is 9.43. The maximum absolute atomic E-state index is 13.8. The highest BCUT2D eigenvalue weighted by Crippen LogP contribution is 2.29. The molecule has 4 amide bonds. The van der Waals surface area contributed by atoms with Gasteiger partial charge in [0.25, 0.3) is 5.91 Å². The van der Waals surface area contributed by atoms with Crippen molar-refractivity contribution in [3.8, 4) is 22.5 Å².